The second-order valence-corrected chi connectivity index (χ2v) is 10.5. The molecule has 3 aromatic heterocycles. The van der Waals surface area contributed by atoms with Crippen molar-refractivity contribution in [1.29, 1.82) is 0 Å². The Bertz CT molecular complexity index is 1810. The molecule has 0 unspecified atom stereocenters. The molecule has 6 rings (SSSR count). The van der Waals surface area contributed by atoms with Crippen LogP contribution in [-0.4, -0.2) is 73.9 Å². The standard InChI is InChI=1S/C32H34N8O3/c1-3-38(4-2)15-8-11-27(41)39-16-14-23(18-39)40-19-24(28-29(33)34-20-35-30(28)40)31(42)37-32-36-25-17-22(12-13-26(25)43-32)21-9-6-5-7-10-21/h5-13,17,19-20,23H,3-4,14-16,18H2,1-2H3,(H2,33,34,35)(H,36,37,42)/t23-/m1/s1. The Morgan fingerprint density at radius 2 is 1.93 bits per heavy atom. The number of hydrogen-bond donors (Lipinski definition) is 2. The maximum absolute atomic E-state index is 13.6. The van der Waals surface area contributed by atoms with Gasteiger partial charge >= 0.3 is 6.01 Å². The Balaban J connectivity index is 1.22. The fourth-order valence-electron chi connectivity index (χ4n) is 5.57. The molecule has 1 saturated heterocycles. The van der Waals surface area contributed by atoms with Crippen LogP contribution in [0.2, 0.25) is 0 Å². The molecule has 1 aliphatic rings. The first-order valence-corrected chi connectivity index (χ1v) is 14.5. The van der Waals surface area contributed by atoms with E-state index in [1.807, 2.05) is 64.1 Å². The Morgan fingerprint density at radius 1 is 1.12 bits per heavy atom. The number of oxazole rings is 1. The molecule has 2 aromatic carbocycles. The molecule has 0 spiro atoms. The maximum atomic E-state index is 13.6. The first-order valence-electron chi connectivity index (χ1n) is 14.5. The van der Waals surface area contributed by atoms with Crippen LogP contribution in [0.3, 0.4) is 0 Å². The zero-order valence-electron chi connectivity index (χ0n) is 24.2. The highest BCUT2D eigenvalue weighted by Crippen LogP contribution is 2.32. The van der Waals surface area contributed by atoms with Crippen LogP contribution in [0, 0.1) is 0 Å². The normalized spacial score (nSPS) is 15.3. The lowest BCUT2D eigenvalue weighted by Crippen LogP contribution is -2.28. The molecule has 1 aliphatic heterocycles. The van der Waals surface area contributed by atoms with Crippen molar-refractivity contribution in [3.05, 3.63) is 78.8 Å². The molecule has 0 aliphatic carbocycles. The fourth-order valence-corrected chi connectivity index (χ4v) is 5.57. The lowest BCUT2D eigenvalue weighted by Gasteiger charge is -2.17. The minimum absolute atomic E-state index is 0.0235. The summed E-state index contributed by atoms with van der Waals surface area (Å²) in [4.78, 5) is 43.6. The number of hydrogen-bond acceptors (Lipinski definition) is 8. The summed E-state index contributed by atoms with van der Waals surface area (Å²) in [6.45, 7) is 7.92. The number of nitrogens with one attached hydrogen (secondary N) is 1. The number of likely N-dealkylation sites (N-methyl/N-ethyl adjacent to an activating group) is 1. The van der Waals surface area contributed by atoms with Crippen LogP contribution in [-0.2, 0) is 4.79 Å². The molecule has 1 atom stereocenters. The SMILES string of the molecule is CCN(CC)CC=CC(=O)N1CC[C@@H](n2cc(C(=O)Nc3nc4cc(-c5ccccc5)ccc4o3)c3c(N)ncnc32)C1. The summed E-state index contributed by atoms with van der Waals surface area (Å²) in [6.07, 6.45) is 7.40. The summed E-state index contributed by atoms with van der Waals surface area (Å²) >= 11 is 0. The molecular formula is C32H34N8O3. The lowest BCUT2D eigenvalue weighted by atomic mass is 10.1. The minimum Gasteiger partial charge on any atom is -0.423 e. The molecule has 11 heteroatoms. The second-order valence-electron chi connectivity index (χ2n) is 10.5. The van der Waals surface area contributed by atoms with Crippen molar-refractivity contribution in [1.82, 2.24) is 29.3 Å². The largest absolute Gasteiger partial charge is 0.423 e. The molecular weight excluding hydrogens is 544 g/mol. The van der Waals surface area contributed by atoms with Gasteiger partial charge in [0.25, 0.3) is 5.91 Å². The van der Waals surface area contributed by atoms with Crippen LogP contribution in [0.25, 0.3) is 33.3 Å². The van der Waals surface area contributed by atoms with E-state index in [-0.39, 0.29) is 23.8 Å². The highest BCUT2D eigenvalue weighted by atomic mass is 16.4. The van der Waals surface area contributed by atoms with E-state index in [1.165, 1.54) is 6.33 Å². The van der Waals surface area contributed by atoms with Gasteiger partial charge in [-0.3, -0.25) is 14.9 Å². The Hall–Kier alpha value is -5.03. The van der Waals surface area contributed by atoms with Crippen molar-refractivity contribution in [3.63, 3.8) is 0 Å². The summed E-state index contributed by atoms with van der Waals surface area (Å²) in [5, 5.41) is 3.23. The van der Waals surface area contributed by atoms with Gasteiger partial charge < -0.3 is 24.5 Å². The van der Waals surface area contributed by atoms with Crippen LogP contribution in [0.4, 0.5) is 11.8 Å². The lowest BCUT2D eigenvalue weighted by molar-refractivity contribution is -0.125. The first-order chi connectivity index (χ1) is 20.9. The average Bonchev–Trinajstić information content (AvgIpc) is 3.76. The maximum Gasteiger partial charge on any atom is 0.302 e. The smallest absolute Gasteiger partial charge is 0.302 e. The van der Waals surface area contributed by atoms with Gasteiger partial charge in [-0.1, -0.05) is 56.3 Å². The van der Waals surface area contributed by atoms with E-state index in [4.69, 9.17) is 10.2 Å². The Labute approximate surface area is 249 Å². The summed E-state index contributed by atoms with van der Waals surface area (Å²) in [5.41, 5.74) is 10.3. The van der Waals surface area contributed by atoms with Gasteiger partial charge in [0.05, 0.1) is 17.0 Å². The molecule has 2 amide bonds. The number of carbonyl (C=O) groups is 2. The van der Waals surface area contributed by atoms with E-state index in [1.54, 1.807) is 12.3 Å². The molecule has 0 bridgehead atoms. The van der Waals surface area contributed by atoms with Crippen molar-refractivity contribution in [2.45, 2.75) is 26.3 Å². The number of nitrogens with zero attached hydrogens (tertiary/aromatic N) is 6. The van der Waals surface area contributed by atoms with Gasteiger partial charge in [-0.2, -0.15) is 4.98 Å². The molecule has 5 aromatic rings. The van der Waals surface area contributed by atoms with Crippen molar-refractivity contribution in [2.75, 3.05) is 43.8 Å². The van der Waals surface area contributed by atoms with E-state index in [2.05, 4.69) is 39.0 Å². The van der Waals surface area contributed by atoms with E-state index in [9.17, 15) is 9.59 Å². The number of benzene rings is 2. The van der Waals surface area contributed by atoms with Crippen LogP contribution in [0.5, 0.6) is 0 Å². The third-order valence-corrected chi connectivity index (χ3v) is 7.99. The Kier molecular flexibility index (Phi) is 7.89. The number of aromatic nitrogens is 4. The van der Waals surface area contributed by atoms with Gasteiger partial charge in [0, 0.05) is 31.9 Å². The van der Waals surface area contributed by atoms with Crippen molar-refractivity contribution in [2.24, 2.45) is 0 Å². The second kappa shape index (κ2) is 12.1. The van der Waals surface area contributed by atoms with E-state index >= 15 is 0 Å². The zero-order chi connectivity index (χ0) is 29.9. The monoisotopic (exact) mass is 578 g/mol. The molecule has 0 saturated carbocycles. The molecule has 220 valence electrons. The molecule has 1 fully saturated rings. The van der Waals surface area contributed by atoms with E-state index < -0.39 is 5.91 Å². The van der Waals surface area contributed by atoms with E-state index in [0.29, 0.717) is 40.8 Å². The van der Waals surface area contributed by atoms with Crippen LogP contribution in [0.15, 0.2) is 77.6 Å². The zero-order valence-corrected chi connectivity index (χ0v) is 24.2. The summed E-state index contributed by atoms with van der Waals surface area (Å²) in [5.74, 6) is -0.265. The first kappa shape index (κ1) is 28.1. The molecule has 43 heavy (non-hydrogen) atoms. The highest BCUT2D eigenvalue weighted by Gasteiger charge is 2.30. The number of likely N-dealkylation sites (tertiary alicyclic amines) is 1. The molecule has 0 radical (unpaired) electrons. The molecule has 11 nitrogen and oxygen atoms in total. The van der Waals surface area contributed by atoms with Gasteiger partial charge in [-0.05, 0) is 42.8 Å². The molecule has 3 N–H and O–H groups in total. The number of nitrogen functional groups attached to an aromatic ring is 1. The molecule has 4 heterocycles. The quantitative estimate of drug-likeness (QED) is 0.239. The minimum atomic E-state index is -0.439. The van der Waals surface area contributed by atoms with Crippen molar-refractivity contribution < 1.29 is 14.0 Å². The number of anilines is 2. The third-order valence-electron chi connectivity index (χ3n) is 7.99. The predicted octanol–water partition coefficient (Wildman–Crippen LogP) is 4.75. The summed E-state index contributed by atoms with van der Waals surface area (Å²) < 4.78 is 7.76. The highest BCUT2D eigenvalue weighted by molar-refractivity contribution is 6.14. The van der Waals surface area contributed by atoms with Crippen LogP contribution >= 0.6 is 0 Å². The summed E-state index contributed by atoms with van der Waals surface area (Å²) in [7, 11) is 0. The van der Waals surface area contributed by atoms with Crippen molar-refractivity contribution in [3.8, 4) is 11.1 Å². The van der Waals surface area contributed by atoms with Gasteiger partial charge in [0.2, 0.25) is 5.91 Å². The van der Waals surface area contributed by atoms with E-state index in [0.717, 1.165) is 37.2 Å². The van der Waals surface area contributed by atoms with Gasteiger partial charge in [-0.25, -0.2) is 9.97 Å². The topological polar surface area (TPSA) is 135 Å². The Morgan fingerprint density at radius 3 is 2.72 bits per heavy atom. The van der Waals surface area contributed by atoms with Gasteiger partial charge in [0.15, 0.2) is 5.58 Å². The number of carbonyl (C=O) groups excluding carboxylic acids is 2. The third kappa shape index (κ3) is 5.71. The number of rotatable bonds is 9. The fraction of sp³-hybridized carbons (Fsp3) is 0.281. The van der Waals surface area contributed by atoms with Crippen LogP contribution < -0.4 is 11.1 Å². The van der Waals surface area contributed by atoms with Crippen molar-refractivity contribution >= 4 is 45.8 Å². The number of nitrogens with two attached hydrogens (primary N) is 1. The number of amides is 2. The van der Waals surface area contributed by atoms with Gasteiger partial charge in [0.1, 0.15) is 23.3 Å². The van der Waals surface area contributed by atoms with Gasteiger partial charge in [-0.15, -0.1) is 0 Å². The predicted molar refractivity (Wildman–Crippen MR) is 167 cm³/mol. The number of fused-ring (bicyclic) bond motifs is 2. The summed E-state index contributed by atoms with van der Waals surface area (Å²) in [6, 6.07) is 15.7. The average molecular weight is 579 g/mol. The van der Waals surface area contributed by atoms with Crippen LogP contribution in [0.1, 0.15) is 36.7 Å².